The molecule has 2 N–H and O–H groups in total. The molecule has 1 atom stereocenters. The van der Waals surface area contributed by atoms with E-state index in [0.29, 0.717) is 0 Å². The molecule has 0 spiro atoms. The Balaban J connectivity index is 2.41. The van der Waals surface area contributed by atoms with Crippen molar-refractivity contribution in [1.82, 2.24) is 0 Å². The van der Waals surface area contributed by atoms with Crippen LogP contribution >= 0.6 is 0 Å². The van der Waals surface area contributed by atoms with Crippen molar-refractivity contribution < 1.29 is 4.74 Å². The minimum Gasteiger partial charge on any atom is -0.496 e. The molecule has 0 fully saturated rings. The normalized spacial score (nSPS) is 17.0. The van der Waals surface area contributed by atoms with Gasteiger partial charge in [-0.15, -0.1) is 0 Å². The largest absolute Gasteiger partial charge is 0.496 e. The van der Waals surface area contributed by atoms with Crippen LogP contribution in [0.4, 0.5) is 5.69 Å². The highest BCUT2D eigenvalue weighted by Gasteiger charge is 2.17. The molecule has 0 radical (unpaired) electrons. The molecule has 1 aliphatic rings. The van der Waals surface area contributed by atoms with Crippen LogP contribution < -0.4 is 15.4 Å². The molecule has 3 heteroatoms. The van der Waals surface area contributed by atoms with Gasteiger partial charge in [-0.05, 0) is 25.5 Å². The monoisotopic (exact) mass is 232 g/mol. The van der Waals surface area contributed by atoms with Gasteiger partial charge >= 0.3 is 0 Å². The van der Waals surface area contributed by atoms with Crippen molar-refractivity contribution >= 4 is 5.69 Å². The highest BCUT2D eigenvalue weighted by molar-refractivity contribution is 5.61. The molecule has 0 bridgehead atoms. The Morgan fingerprint density at radius 3 is 2.76 bits per heavy atom. The number of nitrogens with zero attached hydrogens (tertiary/aromatic N) is 1. The molecule has 0 saturated heterocycles. The maximum absolute atomic E-state index is 6.07. The van der Waals surface area contributed by atoms with Crippen LogP contribution in [0.3, 0.4) is 0 Å². The predicted octanol–water partition coefficient (Wildman–Crippen LogP) is 2.48. The maximum Gasteiger partial charge on any atom is 0.125 e. The molecule has 1 aliphatic heterocycles. The third-order valence-corrected chi connectivity index (χ3v) is 3.12. The van der Waals surface area contributed by atoms with Crippen molar-refractivity contribution in [2.75, 3.05) is 25.1 Å². The third kappa shape index (κ3) is 2.44. The van der Waals surface area contributed by atoms with Gasteiger partial charge in [-0.1, -0.05) is 18.2 Å². The Bertz CT molecular complexity index is 413. The molecule has 92 valence electrons. The number of ether oxygens (including phenoxy) is 1. The molecule has 1 aromatic carbocycles. The van der Waals surface area contributed by atoms with E-state index < -0.39 is 0 Å². The van der Waals surface area contributed by atoms with Crippen LogP contribution in [0, 0.1) is 0 Å². The molecule has 2 rings (SSSR count). The zero-order valence-electron chi connectivity index (χ0n) is 10.5. The molecule has 1 aromatic rings. The first-order valence-corrected chi connectivity index (χ1v) is 6.06. The number of benzene rings is 1. The van der Waals surface area contributed by atoms with E-state index in [1.807, 2.05) is 19.1 Å². The predicted molar refractivity (Wildman–Crippen MR) is 71.6 cm³/mol. The summed E-state index contributed by atoms with van der Waals surface area (Å²) in [6, 6.07) is 6.10. The van der Waals surface area contributed by atoms with Gasteiger partial charge in [0, 0.05) is 30.4 Å². The summed E-state index contributed by atoms with van der Waals surface area (Å²) in [5, 5.41) is 0. The minimum absolute atomic E-state index is 0.0212. The molecule has 0 aliphatic carbocycles. The zero-order valence-corrected chi connectivity index (χ0v) is 10.5. The van der Waals surface area contributed by atoms with Gasteiger partial charge in [-0.3, -0.25) is 0 Å². The van der Waals surface area contributed by atoms with Crippen molar-refractivity contribution in [3.05, 3.63) is 35.9 Å². The van der Waals surface area contributed by atoms with E-state index in [2.05, 4.69) is 23.1 Å². The maximum atomic E-state index is 6.07. The Kier molecular flexibility index (Phi) is 3.69. The molecule has 1 heterocycles. The van der Waals surface area contributed by atoms with E-state index in [0.717, 1.165) is 30.8 Å². The Labute approximate surface area is 103 Å². The smallest absolute Gasteiger partial charge is 0.125 e. The zero-order chi connectivity index (χ0) is 12.3. The molecule has 0 amide bonds. The van der Waals surface area contributed by atoms with Gasteiger partial charge in [0.2, 0.25) is 0 Å². The first-order chi connectivity index (χ1) is 8.24. The molecule has 3 nitrogen and oxygen atoms in total. The van der Waals surface area contributed by atoms with Gasteiger partial charge in [0.1, 0.15) is 5.75 Å². The van der Waals surface area contributed by atoms with Gasteiger partial charge in [0.25, 0.3) is 0 Å². The quantitative estimate of drug-likeness (QED) is 0.814. The SMILES string of the molecule is COc1cccc(N2CC=CCC2)c1[C@H](C)N. The van der Waals surface area contributed by atoms with E-state index in [1.54, 1.807) is 7.11 Å². The standard InChI is InChI=1S/C14H20N2O/c1-11(15)14-12(7-6-8-13(14)17-2)16-9-4-3-5-10-16/h3-4,6-8,11H,5,9-10,15H2,1-2H3/t11-/m0/s1. The van der Waals surface area contributed by atoms with Crippen LogP contribution in [0.15, 0.2) is 30.4 Å². The van der Waals surface area contributed by atoms with Gasteiger partial charge in [-0.2, -0.15) is 0 Å². The summed E-state index contributed by atoms with van der Waals surface area (Å²) < 4.78 is 5.41. The lowest BCUT2D eigenvalue weighted by molar-refractivity contribution is 0.407. The lowest BCUT2D eigenvalue weighted by Gasteiger charge is -2.29. The third-order valence-electron chi connectivity index (χ3n) is 3.12. The highest BCUT2D eigenvalue weighted by Crippen LogP contribution is 2.34. The Morgan fingerprint density at radius 1 is 1.35 bits per heavy atom. The summed E-state index contributed by atoms with van der Waals surface area (Å²) >= 11 is 0. The van der Waals surface area contributed by atoms with Crippen molar-refractivity contribution in [3.8, 4) is 5.75 Å². The van der Waals surface area contributed by atoms with Crippen LogP contribution in [0.25, 0.3) is 0 Å². The average molecular weight is 232 g/mol. The van der Waals surface area contributed by atoms with Crippen LogP contribution in [0.5, 0.6) is 5.75 Å². The summed E-state index contributed by atoms with van der Waals surface area (Å²) in [5.74, 6) is 0.882. The molecule has 0 unspecified atom stereocenters. The molecular weight excluding hydrogens is 212 g/mol. The summed E-state index contributed by atoms with van der Waals surface area (Å²) in [6.07, 6.45) is 5.52. The number of anilines is 1. The summed E-state index contributed by atoms with van der Waals surface area (Å²) in [4.78, 5) is 2.35. The van der Waals surface area contributed by atoms with Gasteiger partial charge < -0.3 is 15.4 Å². The second-order valence-corrected chi connectivity index (χ2v) is 4.39. The van der Waals surface area contributed by atoms with Crippen molar-refractivity contribution in [3.63, 3.8) is 0 Å². The minimum atomic E-state index is -0.0212. The lowest BCUT2D eigenvalue weighted by Crippen LogP contribution is -2.28. The average Bonchev–Trinajstić information content (AvgIpc) is 2.38. The highest BCUT2D eigenvalue weighted by atomic mass is 16.5. The number of nitrogens with two attached hydrogens (primary N) is 1. The second kappa shape index (κ2) is 5.23. The van der Waals surface area contributed by atoms with E-state index in [-0.39, 0.29) is 6.04 Å². The van der Waals surface area contributed by atoms with Crippen LogP contribution in [-0.2, 0) is 0 Å². The Morgan fingerprint density at radius 2 is 2.18 bits per heavy atom. The Hall–Kier alpha value is -1.48. The molecule has 17 heavy (non-hydrogen) atoms. The number of rotatable bonds is 3. The van der Waals surface area contributed by atoms with E-state index >= 15 is 0 Å². The van der Waals surface area contributed by atoms with E-state index in [1.165, 1.54) is 5.69 Å². The van der Waals surface area contributed by atoms with Gasteiger partial charge in [0.15, 0.2) is 0 Å². The van der Waals surface area contributed by atoms with Crippen LogP contribution in [0.1, 0.15) is 24.9 Å². The lowest BCUT2D eigenvalue weighted by atomic mass is 10.0. The fourth-order valence-corrected chi connectivity index (χ4v) is 2.30. The molecule has 0 saturated carbocycles. The van der Waals surface area contributed by atoms with Crippen molar-refractivity contribution in [2.24, 2.45) is 5.73 Å². The van der Waals surface area contributed by atoms with Crippen molar-refractivity contribution in [2.45, 2.75) is 19.4 Å². The fraction of sp³-hybridized carbons (Fsp3) is 0.429. The summed E-state index contributed by atoms with van der Waals surface area (Å²) in [5.41, 5.74) is 8.37. The van der Waals surface area contributed by atoms with Gasteiger partial charge in [0.05, 0.1) is 7.11 Å². The van der Waals surface area contributed by atoms with Crippen LogP contribution in [0.2, 0.25) is 0 Å². The van der Waals surface area contributed by atoms with E-state index in [9.17, 15) is 0 Å². The van der Waals surface area contributed by atoms with E-state index in [4.69, 9.17) is 10.5 Å². The van der Waals surface area contributed by atoms with Gasteiger partial charge in [-0.25, -0.2) is 0 Å². The molecular formula is C14H20N2O. The van der Waals surface area contributed by atoms with Crippen molar-refractivity contribution in [1.29, 1.82) is 0 Å². The first-order valence-electron chi connectivity index (χ1n) is 6.06. The topological polar surface area (TPSA) is 38.5 Å². The number of hydrogen-bond acceptors (Lipinski definition) is 3. The first kappa shape index (κ1) is 12.0. The number of methoxy groups -OCH3 is 1. The number of hydrogen-bond donors (Lipinski definition) is 1. The summed E-state index contributed by atoms with van der Waals surface area (Å²) in [6.45, 7) is 4.00. The van der Waals surface area contributed by atoms with Crippen LogP contribution in [-0.4, -0.2) is 20.2 Å². The second-order valence-electron chi connectivity index (χ2n) is 4.39. The summed E-state index contributed by atoms with van der Waals surface area (Å²) in [7, 11) is 1.70. The fourth-order valence-electron chi connectivity index (χ4n) is 2.30. The molecule has 0 aromatic heterocycles.